The number of carbonyl (C=O) groups is 1. The largest absolute Gasteiger partial charge is 0.496 e. The molecule has 0 saturated heterocycles. The third-order valence-electron chi connectivity index (χ3n) is 4.16. The van der Waals surface area contributed by atoms with E-state index in [-0.39, 0.29) is 23.7 Å². The van der Waals surface area contributed by atoms with E-state index in [0.29, 0.717) is 5.75 Å². The molecule has 2 aromatic carbocycles. The van der Waals surface area contributed by atoms with Crippen molar-refractivity contribution in [1.82, 2.24) is 10.0 Å². The van der Waals surface area contributed by atoms with E-state index in [2.05, 4.69) is 10.0 Å². The van der Waals surface area contributed by atoms with Gasteiger partial charge in [-0.3, -0.25) is 4.79 Å². The highest BCUT2D eigenvalue weighted by Gasteiger charge is 2.21. The molecule has 0 saturated carbocycles. The van der Waals surface area contributed by atoms with Crippen molar-refractivity contribution >= 4 is 15.9 Å². The average Bonchev–Trinajstić information content (AvgIpc) is 2.66. The van der Waals surface area contributed by atoms with E-state index in [9.17, 15) is 13.2 Å². The smallest absolute Gasteiger partial charge is 0.244 e. The molecule has 0 radical (unpaired) electrons. The zero-order valence-corrected chi connectivity index (χ0v) is 16.6. The fourth-order valence-corrected chi connectivity index (χ4v) is 3.69. The van der Waals surface area contributed by atoms with Crippen LogP contribution in [0.15, 0.2) is 41.3 Å². The summed E-state index contributed by atoms with van der Waals surface area (Å²) in [6.45, 7) is 3.53. The van der Waals surface area contributed by atoms with Crippen molar-refractivity contribution in [3.63, 3.8) is 0 Å². The molecule has 0 unspecified atom stereocenters. The van der Waals surface area contributed by atoms with Crippen molar-refractivity contribution in [2.45, 2.75) is 25.3 Å². The first-order chi connectivity index (χ1) is 12.8. The van der Waals surface area contributed by atoms with E-state index in [4.69, 9.17) is 9.47 Å². The van der Waals surface area contributed by atoms with Crippen molar-refractivity contribution in [2.75, 3.05) is 20.8 Å². The molecule has 2 aromatic rings. The van der Waals surface area contributed by atoms with E-state index in [1.807, 2.05) is 32.0 Å². The number of carbonyl (C=O) groups excluding carboxylic acids is 1. The Balaban J connectivity index is 2.03. The molecule has 0 aliphatic heterocycles. The highest BCUT2D eigenvalue weighted by Crippen LogP contribution is 2.27. The highest BCUT2D eigenvalue weighted by atomic mass is 32.2. The number of sulfonamides is 1. The normalized spacial score (nSPS) is 11.1. The van der Waals surface area contributed by atoms with Crippen molar-refractivity contribution in [3.8, 4) is 11.5 Å². The minimum absolute atomic E-state index is 0.00521. The van der Waals surface area contributed by atoms with E-state index in [0.717, 1.165) is 16.7 Å². The Labute approximate surface area is 159 Å². The zero-order chi connectivity index (χ0) is 20.0. The van der Waals surface area contributed by atoms with Gasteiger partial charge in [0.05, 0.1) is 20.8 Å². The molecule has 0 aromatic heterocycles. The summed E-state index contributed by atoms with van der Waals surface area (Å²) >= 11 is 0. The Hall–Kier alpha value is -2.58. The van der Waals surface area contributed by atoms with Crippen molar-refractivity contribution in [1.29, 1.82) is 0 Å². The van der Waals surface area contributed by atoms with Gasteiger partial charge in [0.15, 0.2) is 0 Å². The van der Waals surface area contributed by atoms with E-state index < -0.39 is 15.9 Å². The molecule has 146 valence electrons. The summed E-state index contributed by atoms with van der Waals surface area (Å²) in [6, 6.07) is 10.5. The Kier molecular flexibility index (Phi) is 6.81. The summed E-state index contributed by atoms with van der Waals surface area (Å²) < 4.78 is 37.8. The number of amides is 1. The molecule has 0 fully saturated rings. The van der Waals surface area contributed by atoms with Crippen LogP contribution >= 0.6 is 0 Å². The number of nitrogens with one attached hydrogen (secondary N) is 2. The van der Waals surface area contributed by atoms with Crippen LogP contribution in [0.25, 0.3) is 0 Å². The molecule has 0 atom stereocenters. The fraction of sp³-hybridized carbons (Fsp3) is 0.316. The van der Waals surface area contributed by atoms with Crippen molar-refractivity contribution in [3.05, 3.63) is 53.1 Å². The average molecular weight is 392 g/mol. The summed E-state index contributed by atoms with van der Waals surface area (Å²) in [5.41, 5.74) is 2.53. The molecule has 0 heterocycles. The summed E-state index contributed by atoms with van der Waals surface area (Å²) in [7, 11) is -0.940. The SMILES string of the molecule is COc1ccccc1CNC(=O)CNS(=O)(=O)c1cc(C)c(C)cc1OC. The van der Waals surface area contributed by atoms with Gasteiger partial charge in [0, 0.05) is 12.1 Å². The fourth-order valence-electron chi connectivity index (χ4n) is 2.48. The van der Waals surface area contributed by atoms with Gasteiger partial charge in [-0.15, -0.1) is 0 Å². The Morgan fingerprint density at radius 1 is 1.00 bits per heavy atom. The lowest BCUT2D eigenvalue weighted by Gasteiger charge is -2.13. The van der Waals surface area contributed by atoms with E-state index in [1.165, 1.54) is 13.2 Å². The molecule has 0 bridgehead atoms. The number of methoxy groups -OCH3 is 2. The summed E-state index contributed by atoms with van der Waals surface area (Å²) in [4.78, 5) is 12.1. The van der Waals surface area contributed by atoms with Gasteiger partial charge in [0.2, 0.25) is 15.9 Å². The molecular formula is C19H24N2O5S. The van der Waals surface area contributed by atoms with Crippen LogP contribution in [0.3, 0.4) is 0 Å². The van der Waals surface area contributed by atoms with Crippen LogP contribution in [0.2, 0.25) is 0 Å². The first-order valence-corrected chi connectivity index (χ1v) is 9.80. The predicted molar refractivity (Wildman–Crippen MR) is 102 cm³/mol. The second kappa shape index (κ2) is 8.88. The Morgan fingerprint density at radius 2 is 1.63 bits per heavy atom. The molecule has 0 aliphatic carbocycles. The monoisotopic (exact) mass is 392 g/mol. The van der Waals surface area contributed by atoms with Crippen LogP contribution < -0.4 is 19.5 Å². The van der Waals surface area contributed by atoms with Gasteiger partial charge >= 0.3 is 0 Å². The highest BCUT2D eigenvalue weighted by molar-refractivity contribution is 7.89. The molecule has 8 heteroatoms. The topological polar surface area (TPSA) is 93.7 Å². The predicted octanol–water partition coefficient (Wildman–Crippen LogP) is 1.92. The van der Waals surface area contributed by atoms with Crippen LogP contribution in [0.1, 0.15) is 16.7 Å². The van der Waals surface area contributed by atoms with Crippen molar-refractivity contribution in [2.24, 2.45) is 0 Å². The molecule has 0 spiro atoms. The third kappa shape index (κ3) is 5.21. The van der Waals surface area contributed by atoms with Gasteiger partial charge < -0.3 is 14.8 Å². The lowest BCUT2D eigenvalue weighted by atomic mass is 10.1. The van der Waals surface area contributed by atoms with Crippen LogP contribution in [0.5, 0.6) is 11.5 Å². The Bertz CT molecular complexity index is 926. The van der Waals surface area contributed by atoms with Gasteiger partial charge in [0.25, 0.3) is 0 Å². The minimum atomic E-state index is -3.89. The van der Waals surface area contributed by atoms with Crippen LogP contribution in [-0.4, -0.2) is 35.1 Å². The van der Waals surface area contributed by atoms with Gasteiger partial charge in [-0.1, -0.05) is 18.2 Å². The first kappa shape index (κ1) is 20.7. The maximum atomic E-state index is 12.6. The lowest BCUT2D eigenvalue weighted by molar-refractivity contribution is -0.120. The maximum absolute atomic E-state index is 12.6. The van der Waals surface area contributed by atoms with Gasteiger partial charge in [0.1, 0.15) is 16.4 Å². The standard InChI is InChI=1S/C19H24N2O5S/c1-13-9-17(26-4)18(10-14(13)2)27(23,24)21-12-19(22)20-11-15-7-5-6-8-16(15)25-3/h5-10,21H,11-12H2,1-4H3,(H,20,22). The summed E-state index contributed by atoms with van der Waals surface area (Å²) in [6.07, 6.45) is 0. The second-order valence-electron chi connectivity index (χ2n) is 6.00. The first-order valence-electron chi connectivity index (χ1n) is 8.32. The number of rotatable bonds is 8. The molecule has 0 aliphatic rings. The Morgan fingerprint density at radius 3 is 2.30 bits per heavy atom. The van der Waals surface area contributed by atoms with Gasteiger partial charge in [-0.05, 0) is 43.2 Å². The zero-order valence-electron chi connectivity index (χ0n) is 15.8. The van der Waals surface area contributed by atoms with Crippen LogP contribution in [0.4, 0.5) is 0 Å². The number of hydrogen-bond acceptors (Lipinski definition) is 5. The summed E-state index contributed by atoms with van der Waals surface area (Å²) in [5, 5.41) is 2.67. The van der Waals surface area contributed by atoms with Gasteiger partial charge in [-0.25, -0.2) is 13.1 Å². The molecule has 27 heavy (non-hydrogen) atoms. The third-order valence-corrected chi connectivity index (χ3v) is 5.58. The molecule has 2 rings (SSSR count). The second-order valence-corrected chi connectivity index (χ2v) is 7.74. The molecule has 1 amide bonds. The number of benzene rings is 2. The number of para-hydroxylation sites is 1. The maximum Gasteiger partial charge on any atom is 0.244 e. The van der Waals surface area contributed by atoms with E-state index >= 15 is 0 Å². The number of aryl methyl sites for hydroxylation is 2. The number of hydrogen-bond donors (Lipinski definition) is 2. The van der Waals surface area contributed by atoms with Crippen LogP contribution in [0, 0.1) is 13.8 Å². The summed E-state index contributed by atoms with van der Waals surface area (Å²) in [5.74, 6) is 0.436. The minimum Gasteiger partial charge on any atom is -0.496 e. The van der Waals surface area contributed by atoms with Crippen molar-refractivity contribution < 1.29 is 22.7 Å². The van der Waals surface area contributed by atoms with E-state index in [1.54, 1.807) is 19.2 Å². The lowest BCUT2D eigenvalue weighted by Crippen LogP contribution is -2.36. The number of ether oxygens (including phenoxy) is 2. The molecule has 2 N–H and O–H groups in total. The van der Waals surface area contributed by atoms with Gasteiger partial charge in [-0.2, -0.15) is 0 Å². The quantitative estimate of drug-likeness (QED) is 0.716. The molecular weight excluding hydrogens is 368 g/mol. The van der Waals surface area contributed by atoms with Crippen LogP contribution in [-0.2, 0) is 21.4 Å². The molecule has 7 nitrogen and oxygen atoms in total.